The molecule has 0 saturated carbocycles. The highest BCUT2D eigenvalue weighted by molar-refractivity contribution is 8.00. The Labute approximate surface area is 147 Å². The second-order valence-corrected chi connectivity index (χ2v) is 6.05. The van der Waals surface area contributed by atoms with E-state index < -0.39 is 5.51 Å². The van der Waals surface area contributed by atoms with Crippen molar-refractivity contribution in [3.63, 3.8) is 0 Å². The highest BCUT2D eigenvalue weighted by Crippen LogP contribution is 2.36. The van der Waals surface area contributed by atoms with Crippen LogP contribution in [0.3, 0.4) is 0 Å². The lowest BCUT2D eigenvalue weighted by atomic mass is 10.3. The minimum Gasteiger partial charge on any atom is -0.329 e. The number of imidazole rings is 2. The van der Waals surface area contributed by atoms with Gasteiger partial charge in [-0.1, -0.05) is 0 Å². The van der Waals surface area contributed by atoms with Gasteiger partial charge in [-0.2, -0.15) is 13.2 Å². The van der Waals surface area contributed by atoms with Gasteiger partial charge in [-0.25, -0.2) is 9.97 Å². The lowest BCUT2D eigenvalue weighted by molar-refractivity contribution is -0.0328. The first-order chi connectivity index (χ1) is 10.9. The van der Waals surface area contributed by atoms with Gasteiger partial charge in [-0.15, -0.1) is 12.4 Å². The van der Waals surface area contributed by atoms with Crippen LogP contribution in [0.15, 0.2) is 54.1 Å². The van der Waals surface area contributed by atoms with Gasteiger partial charge in [0.2, 0.25) is 0 Å². The number of aryl methyl sites for hydroxylation is 1. The summed E-state index contributed by atoms with van der Waals surface area (Å²) in [5.41, 5.74) is -2.66. The molecule has 3 rings (SSSR count). The number of hydrogen-bond acceptors (Lipinski definition) is 3. The molecule has 0 N–H and O–H groups in total. The monoisotopic (exact) mass is 374 g/mol. The van der Waals surface area contributed by atoms with Crippen molar-refractivity contribution in [1.29, 1.82) is 0 Å². The van der Waals surface area contributed by atoms with Gasteiger partial charge in [0.25, 0.3) is 0 Å². The van der Waals surface area contributed by atoms with Crippen LogP contribution in [0.25, 0.3) is 5.69 Å². The molecule has 0 spiro atoms. The van der Waals surface area contributed by atoms with Crippen LogP contribution < -0.4 is 0 Å². The van der Waals surface area contributed by atoms with E-state index in [4.69, 9.17) is 0 Å². The summed E-state index contributed by atoms with van der Waals surface area (Å²) in [4.78, 5) is 8.63. The molecule has 3 aromatic rings. The van der Waals surface area contributed by atoms with Crippen molar-refractivity contribution in [3.05, 3.63) is 60.7 Å². The van der Waals surface area contributed by atoms with Gasteiger partial charge >= 0.3 is 5.51 Å². The molecular weight excluding hydrogens is 361 g/mol. The van der Waals surface area contributed by atoms with Crippen LogP contribution in [0, 0.1) is 6.92 Å². The van der Waals surface area contributed by atoms with Crippen LogP contribution in [0.2, 0.25) is 0 Å². The summed E-state index contributed by atoms with van der Waals surface area (Å²) in [6.07, 6.45) is 7.10. The molecule has 0 amide bonds. The van der Waals surface area contributed by atoms with Gasteiger partial charge in [0.05, 0.1) is 18.6 Å². The third kappa shape index (κ3) is 4.55. The number of halogens is 4. The van der Waals surface area contributed by atoms with Gasteiger partial charge in [0, 0.05) is 29.2 Å². The van der Waals surface area contributed by atoms with Crippen molar-refractivity contribution in [2.24, 2.45) is 0 Å². The maximum Gasteiger partial charge on any atom is 0.446 e. The Hall–Kier alpha value is -1.93. The molecule has 4 nitrogen and oxygen atoms in total. The lowest BCUT2D eigenvalue weighted by Gasteiger charge is -2.07. The molecule has 0 aliphatic heterocycles. The van der Waals surface area contributed by atoms with Crippen LogP contribution in [0.4, 0.5) is 13.2 Å². The Balaban J connectivity index is 0.00000208. The zero-order valence-electron chi connectivity index (χ0n) is 12.6. The van der Waals surface area contributed by atoms with Gasteiger partial charge in [0.1, 0.15) is 5.82 Å². The maximum atomic E-state index is 12.3. The fraction of sp³-hybridized carbons (Fsp3) is 0.200. The van der Waals surface area contributed by atoms with E-state index in [2.05, 4.69) is 9.97 Å². The molecule has 1 aromatic carbocycles. The van der Waals surface area contributed by atoms with Gasteiger partial charge in [-0.3, -0.25) is 0 Å². The quantitative estimate of drug-likeness (QED) is 0.632. The van der Waals surface area contributed by atoms with E-state index in [1.165, 1.54) is 12.1 Å². The minimum absolute atomic E-state index is 0. The number of aromatic nitrogens is 4. The molecule has 0 fully saturated rings. The van der Waals surface area contributed by atoms with Crippen LogP contribution >= 0.6 is 24.2 Å². The molecule has 0 unspecified atom stereocenters. The Morgan fingerprint density at radius 2 is 1.83 bits per heavy atom. The largest absolute Gasteiger partial charge is 0.446 e. The van der Waals surface area contributed by atoms with Crippen LogP contribution in [0.5, 0.6) is 0 Å². The number of alkyl halides is 3. The zero-order chi connectivity index (χ0) is 16.4. The Morgan fingerprint density at radius 1 is 1.12 bits per heavy atom. The number of thioether (sulfide) groups is 1. The normalized spacial score (nSPS) is 11.3. The number of rotatable bonds is 4. The standard InChI is InChI=1S/C15H13F3N4S.ClH/c1-11-19-6-7-21(11)8-12-9-22(10-20-12)13-2-4-14(5-3-13)23-15(16,17)18;/h2-7,9-10H,8H2,1H3;1H. The first kappa shape index (κ1) is 18.4. The van der Waals surface area contributed by atoms with Crippen molar-refractivity contribution in [1.82, 2.24) is 19.1 Å². The average Bonchev–Trinajstić information content (AvgIpc) is 3.09. The number of nitrogens with zero attached hydrogens (tertiary/aromatic N) is 4. The summed E-state index contributed by atoms with van der Waals surface area (Å²) in [6, 6.07) is 6.18. The van der Waals surface area contributed by atoms with Crippen molar-refractivity contribution >= 4 is 24.2 Å². The summed E-state index contributed by atoms with van der Waals surface area (Å²) in [6.45, 7) is 2.51. The summed E-state index contributed by atoms with van der Waals surface area (Å²) >= 11 is -0.121. The summed E-state index contributed by atoms with van der Waals surface area (Å²) in [5.74, 6) is 0.896. The van der Waals surface area contributed by atoms with Gasteiger partial charge < -0.3 is 9.13 Å². The van der Waals surface area contributed by atoms with Gasteiger partial charge in [0.15, 0.2) is 0 Å². The van der Waals surface area contributed by atoms with E-state index in [-0.39, 0.29) is 29.1 Å². The maximum absolute atomic E-state index is 12.3. The summed E-state index contributed by atoms with van der Waals surface area (Å²) in [5, 5.41) is 0. The number of benzene rings is 1. The summed E-state index contributed by atoms with van der Waals surface area (Å²) in [7, 11) is 0. The highest BCUT2D eigenvalue weighted by Gasteiger charge is 2.29. The van der Waals surface area contributed by atoms with Crippen LogP contribution in [-0.4, -0.2) is 24.6 Å². The van der Waals surface area contributed by atoms with Crippen molar-refractivity contribution < 1.29 is 13.2 Å². The van der Waals surface area contributed by atoms with Crippen LogP contribution in [0.1, 0.15) is 11.5 Å². The predicted molar refractivity (Wildman–Crippen MR) is 88.8 cm³/mol. The smallest absolute Gasteiger partial charge is 0.329 e. The fourth-order valence-corrected chi connectivity index (χ4v) is 2.69. The molecule has 0 saturated heterocycles. The summed E-state index contributed by atoms with van der Waals surface area (Å²) < 4.78 is 40.7. The van der Waals surface area contributed by atoms with E-state index in [1.54, 1.807) is 29.2 Å². The Kier molecular flexibility index (Phi) is 5.61. The topological polar surface area (TPSA) is 35.6 Å². The molecule has 24 heavy (non-hydrogen) atoms. The van der Waals surface area contributed by atoms with E-state index in [9.17, 15) is 13.2 Å². The van der Waals surface area contributed by atoms with Crippen molar-refractivity contribution in [2.75, 3.05) is 0 Å². The molecule has 128 valence electrons. The SMILES string of the molecule is Cc1nccn1Cc1cn(-c2ccc(SC(F)(F)F)cc2)cn1.Cl. The third-order valence-electron chi connectivity index (χ3n) is 3.26. The number of hydrogen-bond donors (Lipinski definition) is 0. The van der Waals surface area contributed by atoms with E-state index in [0.29, 0.717) is 6.54 Å². The minimum atomic E-state index is -4.27. The molecule has 2 heterocycles. The molecule has 0 radical (unpaired) electrons. The van der Waals surface area contributed by atoms with Gasteiger partial charge in [-0.05, 0) is 43.0 Å². The fourth-order valence-electron chi connectivity index (χ4n) is 2.15. The third-order valence-corrected chi connectivity index (χ3v) is 4.00. The highest BCUT2D eigenvalue weighted by atomic mass is 35.5. The van der Waals surface area contributed by atoms with E-state index in [0.717, 1.165) is 17.2 Å². The predicted octanol–water partition coefficient (Wildman–Crippen LogP) is 4.46. The van der Waals surface area contributed by atoms with E-state index >= 15 is 0 Å². The lowest BCUT2D eigenvalue weighted by Crippen LogP contribution is -2.01. The average molecular weight is 375 g/mol. The molecule has 0 bridgehead atoms. The Bertz CT molecular complexity index is 796. The molecular formula is C15H14ClF3N4S. The van der Waals surface area contributed by atoms with Crippen molar-refractivity contribution in [2.45, 2.75) is 23.9 Å². The van der Waals surface area contributed by atoms with Crippen molar-refractivity contribution in [3.8, 4) is 5.69 Å². The second-order valence-electron chi connectivity index (χ2n) is 4.92. The second kappa shape index (κ2) is 7.31. The van der Waals surface area contributed by atoms with E-state index in [1.807, 2.05) is 23.9 Å². The molecule has 2 aromatic heterocycles. The first-order valence-corrected chi connectivity index (χ1v) is 7.59. The molecule has 0 aliphatic rings. The van der Waals surface area contributed by atoms with Crippen LogP contribution in [-0.2, 0) is 6.54 Å². The first-order valence-electron chi connectivity index (χ1n) is 6.77. The molecule has 0 aliphatic carbocycles. The zero-order valence-corrected chi connectivity index (χ0v) is 14.2. The molecule has 0 atom stereocenters. The Morgan fingerprint density at radius 3 is 2.42 bits per heavy atom. The molecule has 9 heteroatoms.